The zero-order chi connectivity index (χ0) is 23.8. The van der Waals surface area contributed by atoms with Crippen LogP contribution in [0.5, 0.6) is 0 Å². The number of hydrogen-bond donors (Lipinski definition) is 0. The van der Waals surface area contributed by atoms with Crippen molar-refractivity contribution in [2.24, 2.45) is 0 Å². The van der Waals surface area contributed by atoms with E-state index in [9.17, 15) is 4.79 Å². The molecule has 5 aromatic rings. The number of nitrogens with zero attached hydrogens (tertiary/aromatic N) is 7. The SMILES string of the molecule is Cc1cn(CCC(=O)N2CCC(c3nccn3Cn3nnc4ccccc43)CC2)c2ccccc12. The van der Waals surface area contributed by atoms with E-state index in [1.54, 1.807) is 0 Å². The molecule has 6 rings (SSSR count). The van der Waals surface area contributed by atoms with Crippen molar-refractivity contribution in [1.82, 2.24) is 34.0 Å². The van der Waals surface area contributed by atoms with Gasteiger partial charge in [0.05, 0.1) is 5.52 Å². The predicted molar refractivity (Wildman–Crippen MR) is 135 cm³/mol. The average Bonchev–Trinajstić information content (AvgIpc) is 3.61. The lowest BCUT2D eigenvalue weighted by Gasteiger charge is -2.32. The second-order valence-electron chi connectivity index (χ2n) is 9.40. The van der Waals surface area contributed by atoms with Gasteiger partial charge in [-0.25, -0.2) is 9.67 Å². The largest absolute Gasteiger partial charge is 0.347 e. The molecular weight excluding hydrogens is 438 g/mol. The number of hydrogen-bond acceptors (Lipinski definition) is 4. The van der Waals surface area contributed by atoms with E-state index in [1.165, 1.54) is 16.5 Å². The van der Waals surface area contributed by atoms with Gasteiger partial charge in [0.25, 0.3) is 0 Å². The third kappa shape index (κ3) is 4.09. The van der Waals surface area contributed by atoms with Crippen LogP contribution in [-0.4, -0.2) is 53.0 Å². The summed E-state index contributed by atoms with van der Waals surface area (Å²) < 4.78 is 6.27. The molecule has 3 aromatic heterocycles. The number of carbonyl (C=O) groups is 1. The number of fused-ring (bicyclic) bond motifs is 2. The fourth-order valence-electron chi connectivity index (χ4n) is 5.34. The molecule has 0 atom stereocenters. The van der Waals surface area contributed by atoms with Gasteiger partial charge in [0.15, 0.2) is 0 Å². The molecule has 1 fully saturated rings. The van der Waals surface area contributed by atoms with Crippen molar-refractivity contribution in [1.29, 1.82) is 0 Å². The number of amides is 1. The van der Waals surface area contributed by atoms with E-state index in [1.807, 2.05) is 46.2 Å². The second-order valence-corrected chi connectivity index (χ2v) is 9.40. The number of benzene rings is 2. The summed E-state index contributed by atoms with van der Waals surface area (Å²) in [6.07, 6.45) is 8.39. The molecule has 0 bridgehead atoms. The van der Waals surface area contributed by atoms with Crippen LogP contribution >= 0.6 is 0 Å². The van der Waals surface area contributed by atoms with E-state index in [0.29, 0.717) is 25.6 Å². The molecule has 1 aliphatic heterocycles. The van der Waals surface area contributed by atoms with Crippen molar-refractivity contribution < 1.29 is 4.79 Å². The monoisotopic (exact) mass is 467 g/mol. The fraction of sp³-hybridized carbons (Fsp3) is 0.333. The van der Waals surface area contributed by atoms with Crippen molar-refractivity contribution in [3.05, 3.63) is 78.5 Å². The van der Waals surface area contributed by atoms with Gasteiger partial charge < -0.3 is 14.0 Å². The first-order chi connectivity index (χ1) is 17.2. The molecule has 4 heterocycles. The fourth-order valence-corrected chi connectivity index (χ4v) is 5.34. The lowest BCUT2D eigenvalue weighted by Crippen LogP contribution is -2.38. The van der Waals surface area contributed by atoms with E-state index in [-0.39, 0.29) is 5.91 Å². The van der Waals surface area contributed by atoms with Gasteiger partial charge in [0.2, 0.25) is 5.91 Å². The molecule has 1 aliphatic rings. The summed E-state index contributed by atoms with van der Waals surface area (Å²) in [5, 5.41) is 9.84. The van der Waals surface area contributed by atoms with Crippen LogP contribution in [0.15, 0.2) is 67.1 Å². The number of piperidine rings is 1. The van der Waals surface area contributed by atoms with Gasteiger partial charge in [-0.3, -0.25) is 4.79 Å². The Hall–Kier alpha value is -3.94. The zero-order valence-electron chi connectivity index (χ0n) is 19.9. The molecule has 0 radical (unpaired) electrons. The molecule has 0 unspecified atom stereocenters. The minimum atomic E-state index is 0.233. The summed E-state index contributed by atoms with van der Waals surface area (Å²) in [6, 6.07) is 16.4. The summed E-state index contributed by atoms with van der Waals surface area (Å²) in [5.41, 5.74) is 4.36. The maximum Gasteiger partial charge on any atom is 0.224 e. The number of likely N-dealkylation sites (tertiary alicyclic amines) is 1. The highest BCUT2D eigenvalue weighted by Gasteiger charge is 2.26. The standard InChI is InChI=1S/C27H29N7O/c1-20-18-32(24-8-4-2-6-22(20)24)16-12-26(35)31-14-10-21(11-15-31)27-28-13-17-33(27)19-34-25-9-5-3-7-23(25)29-30-34/h2-9,13,17-18,21H,10-12,14-16,19H2,1H3. The quantitative estimate of drug-likeness (QED) is 0.375. The first-order valence-corrected chi connectivity index (χ1v) is 12.3. The van der Waals surface area contributed by atoms with E-state index >= 15 is 0 Å². The lowest BCUT2D eigenvalue weighted by molar-refractivity contribution is -0.132. The Kier molecular flexibility index (Phi) is 5.56. The number of imidazole rings is 1. The number of para-hydroxylation sites is 2. The smallest absolute Gasteiger partial charge is 0.224 e. The van der Waals surface area contributed by atoms with Crippen LogP contribution in [0.25, 0.3) is 21.9 Å². The van der Waals surface area contributed by atoms with Gasteiger partial charge in [0, 0.05) is 61.5 Å². The zero-order valence-corrected chi connectivity index (χ0v) is 19.9. The van der Waals surface area contributed by atoms with Crippen LogP contribution in [0, 0.1) is 6.92 Å². The summed E-state index contributed by atoms with van der Waals surface area (Å²) in [4.78, 5) is 19.7. The lowest BCUT2D eigenvalue weighted by atomic mass is 9.95. The van der Waals surface area contributed by atoms with Crippen molar-refractivity contribution in [2.45, 2.75) is 45.3 Å². The van der Waals surface area contributed by atoms with Crippen molar-refractivity contribution >= 4 is 27.8 Å². The molecule has 1 amide bonds. The first kappa shape index (κ1) is 21.6. The van der Waals surface area contributed by atoms with Crippen LogP contribution in [0.1, 0.15) is 36.6 Å². The maximum atomic E-state index is 13.0. The Labute approximate surface area is 203 Å². The maximum absolute atomic E-state index is 13.0. The molecule has 8 nitrogen and oxygen atoms in total. The average molecular weight is 468 g/mol. The van der Waals surface area contributed by atoms with E-state index in [2.05, 4.69) is 61.8 Å². The van der Waals surface area contributed by atoms with Gasteiger partial charge in [-0.05, 0) is 43.5 Å². The van der Waals surface area contributed by atoms with Crippen LogP contribution in [-0.2, 0) is 18.0 Å². The second kappa shape index (κ2) is 9.02. The van der Waals surface area contributed by atoms with Crippen LogP contribution in [0.3, 0.4) is 0 Å². The van der Waals surface area contributed by atoms with Crippen LogP contribution in [0.2, 0.25) is 0 Å². The number of aryl methyl sites for hydroxylation is 2. The third-order valence-electron chi connectivity index (χ3n) is 7.22. The molecule has 2 aromatic carbocycles. The summed E-state index contributed by atoms with van der Waals surface area (Å²) >= 11 is 0. The minimum Gasteiger partial charge on any atom is -0.347 e. The molecule has 1 saturated heterocycles. The van der Waals surface area contributed by atoms with E-state index in [4.69, 9.17) is 0 Å². The van der Waals surface area contributed by atoms with Crippen LogP contribution < -0.4 is 0 Å². The van der Waals surface area contributed by atoms with Crippen molar-refractivity contribution in [2.75, 3.05) is 13.1 Å². The molecule has 0 saturated carbocycles. The van der Waals surface area contributed by atoms with Gasteiger partial charge in [0.1, 0.15) is 18.0 Å². The summed E-state index contributed by atoms with van der Waals surface area (Å²) in [7, 11) is 0. The van der Waals surface area contributed by atoms with E-state index < -0.39 is 0 Å². The molecule has 0 spiro atoms. The number of carbonyl (C=O) groups excluding carboxylic acids is 1. The number of rotatable bonds is 6. The third-order valence-corrected chi connectivity index (χ3v) is 7.22. The highest BCUT2D eigenvalue weighted by Crippen LogP contribution is 2.28. The van der Waals surface area contributed by atoms with Gasteiger partial charge in [-0.1, -0.05) is 35.5 Å². The van der Waals surface area contributed by atoms with Gasteiger partial charge >= 0.3 is 0 Å². The summed E-state index contributed by atoms with van der Waals surface area (Å²) in [6.45, 7) is 4.96. The predicted octanol–water partition coefficient (Wildman–Crippen LogP) is 4.19. The molecule has 8 heteroatoms. The first-order valence-electron chi connectivity index (χ1n) is 12.3. The van der Waals surface area contributed by atoms with Crippen molar-refractivity contribution in [3.8, 4) is 0 Å². The topological polar surface area (TPSA) is 73.8 Å². The number of aromatic nitrogens is 6. The Morgan fingerprint density at radius 3 is 2.63 bits per heavy atom. The molecule has 0 N–H and O–H groups in total. The van der Waals surface area contributed by atoms with Gasteiger partial charge in [-0.15, -0.1) is 5.10 Å². The Morgan fingerprint density at radius 1 is 1.00 bits per heavy atom. The Bertz CT molecular complexity index is 1490. The normalized spacial score (nSPS) is 14.8. The Morgan fingerprint density at radius 2 is 1.77 bits per heavy atom. The molecular formula is C27H29N7O. The van der Waals surface area contributed by atoms with Crippen molar-refractivity contribution in [3.63, 3.8) is 0 Å². The molecule has 0 aliphatic carbocycles. The van der Waals surface area contributed by atoms with E-state index in [0.717, 1.165) is 42.8 Å². The molecule has 178 valence electrons. The highest BCUT2D eigenvalue weighted by atomic mass is 16.2. The summed E-state index contributed by atoms with van der Waals surface area (Å²) in [5.74, 6) is 1.63. The Balaban J connectivity index is 1.08. The molecule has 35 heavy (non-hydrogen) atoms. The minimum absolute atomic E-state index is 0.233. The highest BCUT2D eigenvalue weighted by molar-refractivity contribution is 5.84. The van der Waals surface area contributed by atoms with Crippen LogP contribution in [0.4, 0.5) is 0 Å². The van der Waals surface area contributed by atoms with Gasteiger partial charge in [-0.2, -0.15) is 0 Å².